The second kappa shape index (κ2) is 7.44. The number of halogens is 2. The molecule has 0 spiro atoms. The summed E-state index contributed by atoms with van der Waals surface area (Å²) >= 11 is 10.1. The number of hydrogen-bond acceptors (Lipinski definition) is 3. The Labute approximate surface area is 151 Å². The van der Waals surface area contributed by atoms with E-state index in [4.69, 9.17) is 23.2 Å². The van der Waals surface area contributed by atoms with E-state index in [1.54, 1.807) is 25.1 Å². The number of hydrogen-bond donors (Lipinski definition) is 2. The summed E-state index contributed by atoms with van der Waals surface area (Å²) in [5.41, 5.74) is 0.191. The molecule has 0 saturated carbocycles. The fourth-order valence-electron chi connectivity index (χ4n) is 2.21. The van der Waals surface area contributed by atoms with Crippen LogP contribution in [0.3, 0.4) is 0 Å². The van der Waals surface area contributed by atoms with E-state index >= 15 is 0 Å². The van der Waals surface area contributed by atoms with Crippen molar-refractivity contribution in [1.29, 1.82) is 0 Å². The van der Waals surface area contributed by atoms with Crippen LogP contribution in [0.15, 0.2) is 35.2 Å². The van der Waals surface area contributed by atoms with Crippen LogP contribution in [0.1, 0.15) is 31.8 Å². The van der Waals surface area contributed by atoms with Crippen LogP contribution in [-0.2, 0) is 16.9 Å². The predicted octanol–water partition coefficient (Wildman–Crippen LogP) is 4.01. The molecular weight excluding hydrogens is 375 g/mol. The second-order valence-corrected chi connectivity index (χ2v) is 7.19. The summed E-state index contributed by atoms with van der Waals surface area (Å²) in [6, 6.07) is 7.32. The number of benzene rings is 2. The van der Waals surface area contributed by atoms with Crippen molar-refractivity contribution in [3.8, 4) is 0 Å². The van der Waals surface area contributed by atoms with Crippen LogP contribution in [0.25, 0.3) is 0 Å². The van der Waals surface area contributed by atoms with E-state index in [0.717, 1.165) is 0 Å². The van der Waals surface area contributed by atoms with Gasteiger partial charge in [0.25, 0.3) is 0 Å². The summed E-state index contributed by atoms with van der Waals surface area (Å²) in [5, 5.41) is 19.2. The van der Waals surface area contributed by atoms with E-state index in [9.17, 15) is 24.4 Å². The molecule has 0 aromatic heterocycles. The minimum absolute atomic E-state index is 0.192. The third-order valence-corrected chi connectivity index (χ3v) is 5.41. The zero-order valence-electron chi connectivity index (χ0n) is 12.4. The molecule has 0 fully saturated rings. The van der Waals surface area contributed by atoms with E-state index in [1.165, 1.54) is 12.1 Å². The van der Waals surface area contributed by atoms with Crippen LogP contribution in [0.5, 0.6) is 0 Å². The van der Waals surface area contributed by atoms with Gasteiger partial charge in [-0.1, -0.05) is 29.3 Å². The Morgan fingerprint density at radius 1 is 1.08 bits per heavy atom. The Hall–Kier alpha value is -1.73. The van der Waals surface area contributed by atoms with Gasteiger partial charge in [-0.15, -0.1) is 0 Å². The number of carbonyl (C=O) groups is 2. The summed E-state index contributed by atoms with van der Waals surface area (Å²) in [6.45, 7) is 1.57. The molecule has 1 unspecified atom stereocenters. The molecule has 0 heterocycles. The van der Waals surface area contributed by atoms with Crippen LogP contribution in [0.2, 0.25) is 10.0 Å². The topological polar surface area (TPSA) is 97.7 Å². The van der Waals surface area contributed by atoms with E-state index in [1.807, 2.05) is 0 Å². The molecule has 0 aliphatic rings. The van der Waals surface area contributed by atoms with Gasteiger partial charge >= 0.3 is 11.9 Å². The van der Waals surface area contributed by atoms with Crippen LogP contribution in [0.4, 0.5) is 0 Å². The normalized spacial score (nSPS) is 12.0. The van der Waals surface area contributed by atoms with E-state index in [-0.39, 0.29) is 31.8 Å². The van der Waals surface area contributed by atoms with Crippen LogP contribution < -0.4 is 0 Å². The lowest BCUT2D eigenvalue weighted by Gasteiger charge is -2.17. The summed E-state index contributed by atoms with van der Waals surface area (Å²) < 4.78 is 12.7. The Kier molecular flexibility index (Phi) is 5.77. The maximum absolute atomic E-state index is 12.7. The highest BCUT2D eigenvalue weighted by molar-refractivity contribution is 7.90. The van der Waals surface area contributed by atoms with Gasteiger partial charge in [0.05, 0.1) is 0 Å². The fraction of sp³-hybridized carbons (Fsp3) is 0.125. The minimum Gasteiger partial charge on any atom is -0.611 e. The molecule has 0 aliphatic carbocycles. The molecule has 2 N–H and O–H groups in total. The van der Waals surface area contributed by atoms with Gasteiger partial charge in [-0.25, -0.2) is 9.59 Å². The van der Waals surface area contributed by atoms with Crippen molar-refractivity contribution >= 4 is 46.3 Å². The number of aryl methyl sites for hydroxylation is 1. The zero-order chi connectivity index (χ0) is 18.0. The third-order valence-electron chi connectivity index (χ3n) is 3.26. The number of rotatable bonds is 5. The highest BCUT2D eigenvalue weighted by Gasteiger charge is 2.30. The van der Waals surface area contributed by atoms with Gasteiger partial charge in [0.2, 0.25) is 0 Å². The van der Waals surface area contributed by atoms with Crippen LogP contribution in [0, 0.1) is 6.92 Å². The molecule has 126 valence electrons. The summed E-state index contributed by atoms with van der Waals surface area (Å²) in [4.78, 5) is 22.7. The SMILES string of the molecule is Cc1cc(C(=O)O)c([S+]([O-])Cc2c(Cl)cccc2Cl)c(C(=O)O)c1. The van der Waals surface area contributed by atoms with Gasteiger partial charge in [-0.3, -0.25) is 0 Å². The molecule has 24 heavy (non-hydrogen) atoms. The third kappa shape index (κ3) is 3.84. The van der Waals surface area contributed by atoms with Crippen molar-refractivity contribution < 1.29 is 24.4 Å². The highest BCUT2D eigenvalue weighted by atomic mass is 35.5. The van der Waals surface area contributed by atoms with Gasteiger partial charge in [-0.05, 0) is 47.9 Å². The zero-order valence-corrected chi connectivity index (χ0v) is 14.7. The fourth-order valence-corrected chi connectivity index (χ4v) is 4.40. The van der Waals surface area contributed by atoms with E-state index in [2.05, 4.69) is 0 Å². The summed E-state index contributed by atoms with van der Waals surface area (Å²) in [6.07, 6.45) is 0. The molecule has 0 saturated heterocycles. The monoisotopic (exact) mass is 386 g/mol. The molecule has 2 aromatic carbocycles. The van der Waals surface area contributed by atoms with Gasteiger partial charge in [0.1, 0.15) is 16.9 Å². The van der Waals surface area contributed by atoms with Crippen molar-refractivity contribution in [3.05, 3.63) is 62.6 Å². The number of aromatic carboxylic acids is 2. The highest BCUT2D eigenvalue weighted by Crippen LogP contribution is 2.31. The van der Waals surface area contributed by atoms with Gasteiger partial charge in [0, 0.05) is 15.6 Å². The van der Waals surface area contributed by atoms with Crippen LogP contribution in [-0.4, -0.2) is 26.7 Å². The first kappa shape index (κ1) is 18.6. The average Bonchev–Trinajstić information content (AvgIpc) is 2.49. The molecule has 2 rings (SSSR count). The molecule has 5 nitrogen and oxygen atoms in total. The average molecular weight is 387 g/mol. The maximum Gasteiger partial charge on any atom is 0.340 e. The van der Waals surface area contributed by atoms with Crippen molar-refractivity contribution in [3.63, 3.8) is 0 Å². The smallest absolute Gasteiger partial charge is 0.340 e. The second-order valence-electron chi connectivity index (χ2n) is 4.99. The summed E-state index contributed by atoms with van der Waals surface area (Å²) in [7, 11) is 0. The maximum atomic E-state index is 12.7. The standard InChI is InChI=1S/C16H12Cl2O5S/c1-8-5-9(15(19)20)14(10(6-8)16(21)22)24(23)7-11-12(17)3-2-4-13(11)18/h2-6H,7H2,1H3,(H,19,20)(H,21,22). The molecule has 0 radical (unpaired) electrons. The van der Waals surface area contributed by atoms with Crippen molar-refractivity contribution in [2.75, 3.05) is 0 Å². The molecule has 0 amide bonds. The lowest BCUT2D eigenvalue weighted by atomic mass is 10.1. The van der Waals surface area contributed by atoms with E-state index < -0.39 is 23.1 Å². The quantitative estimate of drug-likeness (QED) is 0.756. The first-order valence-electron chi connectivity index (χ1n) is 6.65. The van der Waals surface area contributed by atoms with Gasteiger partial charge in [0.15, 0.2) is 4.90 Å². The van der Waals surface area contributed by atoms with Gasteiger partial charge < -0.3 is 14.8 Å². The number of carboxylic acid groups (broad SMARTS) is 2. The van der Waals surface area contributed by atoms with Gasteiger partial charge in [-0.2, -0.15) is 0 Å². The molecule has 0 bridgehead atoms. The Morgan fingerprint density at radius 3 is 1.96 bits per heavy atom. The van der Waals surface area contributed by atoms with Crippen molar-refractivity contribution in [1.82, 2.24) is 0 Å². The molecule has 2 aromatic rings. The lowest BCUT2D eigenvalue weighted by molar-refractivity contribution is 0.0689. The summed E-state index contributed by atoms with van der Waals surface area (Å²) in [5.74, 6) is -2.90. The molecular formula is C16H12Cl2O5S. The number of carboxylic acids is 2. The Balaban J connectivity index is 2.58. The lowest BCUT2D eigenvalue weighted by Crippen LogP contribution is -2.17. The predicted molar refractivity (Wildman–Crippen MR) is 91.7 cm³/mol. The Morgan fingerprint density at radius 2 is 1.54 bits per heavy atom. The Bertz CT molecular complexity index is 767. The molecule has 0 aliphatic heterocycles. The first-order chi connectivity index (χ1) is 11.2. The van der Waals surface area contributed by atoms with Crippen molar-refractivity contribution in [2.45, 2.75) is 17.6 Å². The minimum atomic E-state index is -1.96. The van der Waals surface area contributed by atoms with E-state index in [0.29, 0.717) is 11.1 Å². The van der Waals surface area contributed by atoms with Crippen molar-refractivity contribution in [2.24, 2.45) is 0 Å². The largest absolute Gasteiger partial charge is 0.611 e. The van der Waals surface area contributed by atoms with Crippen LogP contribution >= 0.6 is 23.2 Å². The molecule has 8 heteroatoms. The molecule has 1 atom stereocenters. The first-order valence-corrected chi connectivity index (χ1v) is 8.72.